The van der Waals surface area contributed by atoms with Crippen LogP contribution < -0.4 is 15.2 Å². The average Bonchev–Trinajstić information content (AvgIpc) is 3.41. The molecule has 1 aliphatic rings. The van der Waals surface area contributed by atoms with Crippen LogP contribution in [0, 0.1) is 5.92 Å². The monoisotopic (exact) mass is 572 g/mol. The molecule has 1 saturated carbocycles. The first-order valence-electron chi connectivity index (χ1n) is 11.5. The van der Waals surface area contributed by atoms with Crippen molar-refractivity contribution in [2.45, 2.75) is 37.6 Å². The molecule has 4 N–H and O–H groups in total. The van der Waals surface area contributed by atoms with Gasteiger partial charge in [-0.15, -0.1) is 13.2 Å². The van der Waals surface area contributed by atoms with Gasteiger partial charge >= 0.3 is 16.7 Å². The van der Waals surface area contributed by atoms with Crippen molar-refractivity contribution in [1.82, 2.24) is 9.55 Å². The van der Waals surface area contributed by atoms with E-state index in [-0.39, 0.29) is 35.5 Å². The molecule has 210 valence electrons. The van der Waals surface area contributed by atoms with Crippen LogP contribution in [0.2, 0.25) is 0 Å². The molecule has 39 heavy (non-hydrogen) atoms. The standard InChI is InChI=1S/C24H24F4N4O6S/c25-21-20(9-16(23(21)34)13-37-39(29,35)36)31-19-4-6-30-10-18(19)22(33)15-5-7-32(12-15)11-14-2-1-3-17(8-14)38-24(26,27)28/h1-8,10,12,16,20-21,23,34H,9,11,13H2,(H,30,31)(H2,29,35,36)/t16?,20-,21-,23-/m1/s1. The zero-order valence-electron chi connectivity index (χ0n) is 20.1. The second-order valence-electron chi connectivity index (χ2n) is 8.98. The van der Waals surface area contributed by atoms with Crippen LogP contribution in [-0.4, -0.2) is 60.1 Å². The van der Waals surface area contributed by atoms with Gasteiger partial charge in [0.15, 0.2) is 5.78 Å². The Balaban J connectivity index is 1.46. The minimum atomic E-state index is -4.82. The van der Waals surface area contributed by atoms with Crippen LogP contribution in [0.25, 0.3) is 0 Å². The van der Waals surface area contributed by atoms with E-state index >= 15 is 0 Å². The molecule has 2 heterocycles. The summed E-state index contributed by atoms with van der Waals surface area (Å²) in [5, 5.41) is 17.9. The number of carbonyl (C=O) groups excluding carboxylic acids is 1. The molecule has 1 unspecified atom stereocenters. The fourth-order valence-corrected chi connectivity index (χ4v) is 4.73. The maximum absolute atomic E-state index is 14.8. The molecule has 4 atom stereocenters. The predicted octanol–water partition coefficient (Wildman–Crippen LogP) is 2.78. The summed E-state index contributed by atoms with van der Waals surface area (Å²) in [5.41, 5.74) is 1.11. The lowest BCUT2D eigenvalue weighted by Gasteiger charge is -2.19. The van der Waals surface area contributed by atoms with Gasteiger partial charge in [0, 0.05) is 48.5 Å². The third-order valence-corrected chi connectivity index (χ3v) is 6.58. The Labute approximate surface area is 220 Å². The molecular weight excluding hydrogens is 548 g/mol. The molecule has 10 nitrogen and oxygen atoms in total. The Morgan fingerprint density at radius 2 is 2.03 bits per heavy atom. The van der Waals surface area contributed by atoms with Gasteiger partial charge in [-0.05, 0) is 36.2 Å². The van der Waals surface area contributed by atoms with Crippen molar-refractivity contribution >= 4 is 21.8 Å². The highest BCUT2D eigenvalue weighted by Crippen LogP contribution is 2.33. The molecular formula is C24H24F4N4O6S. The summed E-state index contributed by atoms with van der Waals surface area (Å²) < 4.78 is 84.5. The number of nitrogens with two attached hydrogens (primary N) is 1. The molecule has 1 aliphatic carbocycles. The van der Waals surface area contributed by atoms with Gasteiger partial charge in [0.25, 0.3) is 0 Å². The molecule has 3 aromatic rings. The Hall–Kier alpha value is -3.53. The van der Waals surface area contributed by atoms with Crippen LogP contribution in [0.5, 0.6) is 5.75 Å². The van der Waals surface area contributed by atoms with Gasteiger partial charge in [0.05, 0.1) is 24.3 Å². The summed E-state index contributed by atoms with van der Waals surface area (Å²) in [5.74, 6) is -1.68. The predicted molar refractivity (Wildman–Crippen MR) is 130 cm³/mol. The largest absolute Gasteiger partial charge is 0.573 e. The second-order valence-corrected chi connectivity index (χ2v) is 10.2. The minimum Gasteiger partial charge on any atom is -0.406 e. The number of hydrogen-bond donors (Lipinski definition) is 3. The number of halogens is 4. The van der Waals surface area contributed by atoms with Crippen LogP contribution in [-0.2, 0) is 21.0 Å². The van der Waals surface area contributed by atoms with Crippen molar-refractivity contribution in [3.8, 4) is 5.75 Å². The number of alkyl halides is 4. The van der Waals surface area contributed by atoms with E-state index in [4.69, 9.17) is 5.14 Å². The normalized spacial score (nSPS) is 21.6. The number of rotatable bonds is 10. The summed E-state index contributed by atoms with van der Waals surface area (Å²) in [6, 6.07) is 7.47. The van der Waals surface area contributed by atoms with Gasteiger partial charge < -0.3 is 19.7 Å². The lowest BCUT2D eigenvalue weighted by molar-refractivity contribution is -0.274. The van der Waals surface area contributed by atoms with E-state index in [0.29, 0.717) is 5.56 Å². The highest BCUT2D eigenvalue weighted by molar-refractivity contribution is 7.84. The van der Waals surface area contributed by atoms with Gasteiger partial charge in [-0.2, -0.15) is 8.42 Å². The molecule has 1 aromatic carbocycles. The van der Waals surface area contributed by atoms with Gasteiger partial charge in [-0.25, -0.2) is 9.53 Å². The third-order valence-electron chi connectivity index (χ3n) is 6.11. The maximum atomic E-state index is 14.8. The van der Waals surface area contributed by atoms with E-state index in [1.807, 2.05) is 0 Å². The van der Waals surface area contributed by atoms with Crippen LogP contribution in [0.1, 0.15) is 27.9 Å². The number of anilines is 1. The number of aliphatic hydroxyl groups is 1. The number of nitrogens with zero attached hydrogens (tertiary/aromatic N) is 2. The van der Waals surface area contributed by atoms with E-state index < -0.39 is 53.3 Å². The molecule has 1 fully saturated rings. The van der Waals surface area contributed by atoms with E-state index in [1.54, 1.807) is 16.8 Å². The number of benzene rings is 1. The fourth-order valence-electron chi connectivity index (χ4n) is 4.36. The molecule has 0 amide bonds. The molecule has 2 aromatic heterocycles. The fraction of sp³-hybridized carbons (Fsp3) is 0.333. The van der Waals surface area contributed by atoms with Crippen molar-refractivity contribution in [2.24, 2.45) is 11.1 Å². The first kappa shape index (κ1) is 28.5. The van der Waals surface area contributed by atoms with Crippen LogP contribution in [0.4, 0.5) is 23.2 Å². The van der Waals surface area contributed by atoms with Gasteiger partial charge in [-0.3, -0.25) is 14.0 Å². The second kappa shape index (κ2) is 11.3. The number of aliphatic hydroxyl groups excluding tert-OH is 1. The maximum Gasteiger partial charge on any atom is 0.573 e. The average molecular weight is 573 g/mol. The smallest absolute Gasteiger partial charge is 0.406 e. The van der Waals surface area contributed by atoms with E-state index in [0.717, 1.165) is 0 Å². The summed E-state index contributed by atoms with van der Waals surface area (Å²) in [6.07, 6.45) is -2.35. The summed E-state index contributed by atoms with van der Waals surface area (Å²) in [4.78, 5) is 17.2. The van der Waals surface area contributed by atoms with Crippen LogP contribution in [0.3, 0.4) is 0 Å². The number of carbonyl (C=O) groups is 1. The lowest BCUT2D eigenvalue weighted by Crippen LogP contribution is -2.32. The molecule has 0 spiro atoms. The van der Waals surface area contributed by atoms with Crippen LogP contribution >= 0.6 is 0 Å². The molecule has 0 bridgehead atoms. The first-order valence-corrected chi connectivity index (χ1v) is 13.0. The van der Waals surface area contributed by atoms with Crippen LogP contribution in [0.15, 0.2) is 61.2 Å². The number of aromatic nitrogens is 2. The number of hydrogen-bond acceptors (Lipinski definition) is 8. The Morgan fingerprint density at radius 1 is 1.26 bits per heavy atom. The van der Waals surface area contributed by atoms with Crippen molar-refractivity contribution < 1.29 is 44.8 Å². The quantitative estimate of drug-likeness (QED) is 0.248. The number of ether oxygens (including phenoxy) is 1. The molecule has 0 radical (unpaired) electrons. The summed E-state index contributed by atoms with van der Waals surface area (Å²) in [7, 11) is -4.27. The molecule has 0 saturated heterocycles. The number of nitrogens with one attached hydrogen (secondary N) is 1. The highest BCUT2D eigenvalue weighted by atomic mass is 32.2. The molecule has 0 aliphatic heterocycles. The van der Waals surface area contributed by atoms with Gasteiger partial charge in [-0.1, -0.05) is 12.1 Å². The number of ketones is 1. The van der Waals surface area contributed by atoms with Crippen molar-refractivity contribution in [3.63, 3.8) is 0 Å². The topological polar surface area (TPSA) is 146 Å². The summed E-state index contributed by atoms with van der Waals surface area (Å²) >= 11 is 0. The first-order chi connectivity index (χ1) is 18.3. The lowest BCUT2D eigenvalue weighted by atomic mass is 10.1. The van der Waals surface area contributed by atoms with E-state index in [2.05, 4.69) is 19.2 Å². The van der Waals surface area contributed by atoms with Gasteiger partial charge in [0.2, 0.25) is 0 Å². The van der Waals surface area contributed by atoms with Gasteiger partial charge in [0.1, 0.15) is 11.9 Å². The zero-order valence-corrected chi connectivity index (χ0v) is 20.9. The van der Waals surface area contributed by atoms with Crippen molar-refractivity contribution in [2.75, 3.05) is 11.9 Å². The van der Waals surface area contributed by atoms with E-state index in [1.165, 1.54) is 48.9 Å². The van der Waals surface area contributed by atoms with E-state index in [9.17, 15) is 35.9 Å². The summed E-state index contributed by atoms with van der Waals surface area (Å²) in [6.45, 7) is -0.342. The van der Waals surface area contributed by atoms with Crippen molar-refractivity contribution in [3.05, 3.63) is 77.9 Å². The Bertz CT molecular complexity index is 1430. The SMILES string of the molecule is NS(=O)(=O)OCC1C[C@@H](Nc2ccncc2C(=O)c2ccn(Cc3cccc(OC(F)(F)F)c3)c2)[C@@H](F)[C@@H]1O. The molecule has 15 heteroatoms. The minimum absolute atomic E-state index is 0.00129. The Kier molecular flexibility index (Phi) is 8.25. The zero-order chi connectivity index (χ0) is 28.4. The Morgan fingerprint density at radius 3 is 2.74 bits per heavy atom. The molecule has 4 rings (SSSR count). The highest BCUT2D eigenvalue weighted by Gasteiger charge is 2.43. The number of pyridine rings is 1. The van der Waals surface area contributed by atoms with Crippen molar-refractivity contribution in [1.29, 1.82) is 0 Å². The third kappa shape index (κ3) is 7.53.